The summed E-state index contributed by atoms with van der Waals surface area (Å²) in [5, 5.41) is 1.86. The van der Waals surface area contributed by atoms with E-state index >= 15 is 0 Å². The molecule has 4 aromatic rings. The lowest BCUT2D eigenvalue weighted by molar-refractivity contribution is 0.0330. The maximum atomic E-state index is 13.3. The molecule has 0 saturated carbocycles. The monoisotopic (exact) mass is 486 g/mol. The summed E-state index contributed by atoms with van der Waals surface area (Å²) >= 11 is 1.50. The third kappa shape index (κ3) is 5.48. The lowest BCUT2D eigenvalue weighted by Crippen LogP contribution is -2.36. The molecule has 0 amide bonds. The lowest BCUT2D eigenvalue weighted by Gasteiger charge is -2.25. The predicted octanol–water partition coefficient (Wildman–Crippen LogP) is 4.90. The summed E-state index contributed by atoms with van der Waals surface area (Å²) in [5.41, 5.74) is 5.04. The Hall–Kier alpha value is -3.00. The van der Waals surface area contributed by atoms with Crippen molar-refractivity contribution in [1.82, 2.24) is 19.4 Å². The fourth-order valence-electron chi connectivity index (χ4n) is 4.54. The maximum Gasteiger partial charge on any atom is 0.174 e. The Labute approximate surface area is 210 Å². The fourth-order valence-corrected chi connectivity index (χ4v) is 5.46. The molecule has 2 aromatic carbocycles. The fraction of sp³-hybridized carbons (Fsp3) is 0.321. The molecule has 35 heavy (non-hydrogen) atoms. The van der Waals surface area contributed by atoms with Crippen LogP contribution in [0, 0.1) is 13.8 Å². The van der Waals surface area contributed by atoms with Crippen LogP contribution in [-0.2, 0) is 17.8 Å². The van der Waals surface area contributed by atoms with Crippen molar-refractivity contribution in [2.75, 3.05) is 32.1 Å². The number of para-hydroxylation sites is 1. The van der Waals surface area contributed by atoms with Crippen LogP contribution in [0.3, 0.4) is 0 Å². The molecule has 6 nitrogen and oxygen atoms in total. The highest BCUT2D eigenvalue weighted by molar-refractivity contribution is 8.00. The van der Waals surface area contributed by atoms with Gasteiger partial charge in [-0.15, -0.1) is 0 Å². The Kier molecular flexibility index (Phi) is 7.27. The number of ketones is 1. The Morgan fingerprint density at radius 3 is 2.51 bits per heavy atom. The van der Waals surface area contributed by atoms with Crippen LogP contribution in [0.25, 0.3) is 10.9 Å². The van der Waals surface area contributed by atoms with Crippen molar-refractivity contribution in [3.8, 4) is 0 Å². The first-order chi connectivity index (χ1) is 17.1. The molecule has 5 rings (SSSR count). The number of Topliss-reactive ketones (excluding diaryl/α,β-unsaturated/α-hetero) is 1. The quantitative estimate of drug-likeness (QED) is 0.201. The van der Waals surface area contributed by atoms with E-state index in [1.54, 1.807) is 0 Å². The number of hydrogen-bond acceptors (Lipinski definition) is 6. The van der Waals surface area contributed by atoms with Gasteiger partial charge in [-0.25, -0.2) is 9.97 Å². The first-order valence-corrected chi connectivity index (χ1v) is 13.0. The summed E-state index contributed by atoms with van der Waals surface area (Å²) in [7, 11) is 0. The van der Waals surface area contributed by atoms with E-state index in [9.17, 15) is 4.79 Å². The van der Waals surface area contributed by atoms with E-state index in [2.05, 4.69) is 28.5 Å². The number of morpholine rings is 1. The van der Waals surface area contributed by atoms with Crippen LogP contribution in [0.1, 0.15) is 33.1 Å². The van der Waals surface area contributed by atoms with Crippen LogP contribution in [0.15, 0.2) is 65.7 Å². The maximum absolute atomic E-state index is 13.3. The van der Waals surface area contributed by atoms with E-state index < -0.39 is 0 Å². The molecule has 0 radical (unpaired) electrons. The number of rotatable bonds is 8. The van der Waals surface area contributed by atoms with Crippen molar-refractivity contribution in [3.05, 3.63) is 89.0 Å². The minimum Gasteiger partial charge on any atom is -0.379 e. The van der Waals surface area contributed by atoms with Crippen molar-refractivity contribution >= 4 is 28.4 Å². The van der Waals surface area contributed by atoms with Gasteiger partial charge in [-0.2, -0.15) is 0 Å². The number of carbonyl (C=O) groups excluding carboxylic acids is 1. The van der Waals surface area contributed by atoms with Gasteiger partial charge in [0.05, 0.1) is 31.0 Å². The third-order valence-corrected chi connectivity index (χ3v) is 7.47. The van der Waals surface area contributed by atoms with Crippen LogP contribution in [-0.4, -0.2) is 57.3 Å². The first kappa shape index (κ1) is 23.7. The Morgan fingerprint density at radius 1 is 0.971 bits per heavy atom. The molecule has 1 fully saturated rings. The Balaban J connectivity index is 1.34. The normalized spacial score (nSPS) is 14.5. The first-order valence-electron chi connectivity index (χ1n) is 12.0. The number of carbonyl (C=O) groups is 1. The summed E-state index contributed by atoms with van der Waals surface area (Å²) in [6, 6.07) is 20.4. The summed E-state index contributed by atoms with van der Waals surface area (Å²) in [6.45, 7) is 8.81. The highest BCUT2D eigenvalue weighted by Gasteiger charge is 2.19. The molecule has 180 valence electrons. The van der Waals surface area contributed by atoms with E-state index in [1.165, 1.54) is 17.3 Å². The summed E-state index contributed by atoms with van der Waals surface area (Å²) in [4.78, 5) is 25.3. The number of aromatic nitrogens is 3. The molecule has 3 heterocycles. The van der Waals surface area contributed by atoms with Gasteiger partial charge in [0.15, 0.2) is 5.78 Å². The summed E-state index contributed by atoms with van der Waals surface area (Å²) < 4.78 is 7.68. The van der Waals surface area contributed by atoms with Gasteiger partial charge in [0, 0.05) is 42.0 Å². The molecular weight excluding hydrogens is 456 g/mol. The Morgan fingerprint density at radius 2 is 1.71 bits per heavy atom. The van der Waals surface area contributed by atoms with E-state index in [4.69, 9.17) is 14.7 Å². The minimum absolute atomic E-state index is 0.125. The average Bonchev–Trinajstić information content (AvgIpc) is 3.17. The zero-order valence-corrected chi connectivity index (χ0v) is 21.1. The zero-order valence-electron chi connectivity index (χ0n) is 20.2. The molecule has 0 bridgehead atoms. The lowest BCUT2D eigenvalue weighted by atomic mass is 10.2. The van der Waals surface area contributed by atoms with Crippen molar-refractivity contribution in [3.63, 3.8) is 0 Å². The number of fused-ring (bicyclic) bond motifs is 1. The summed E-state index contributed by atoms with van der Waals surface area (Å²) in [6.07, 6.45) is 0. The second-order valence-electron chi connectivity index (χ2n) is 8.92. The van der Waals surface area contributed by atoms with Gasteiger partial charge >= 0.3 is 0 Å². The smallest absolute Gasteiger partial charge is 0.174 e. The minimum atomic E-state index is 0.125. The predicted molar refractivity (Wildman–Crippen MR) is 140 cm³/mol. The number of benzene rings is 2. The highest BCUT2D eigenvalue weighted by atomic mass is 32.2. The largest absolute Gasteiger partial charge is 0.379 e. The van der Waals surface area contributed by atoms with Gasteiger partial charge in [0.2, 0.25) is 0 Å². The van der Waals surface area contributed by atoms with Crippen LogP contribution in [0.2, 0.25) is 0 Å². The van der Waals surface area contributed by atoms with Crippen molar-refractivity contribution in [2.45, 2.75) is 32.0 Å². The molecule has 0 spiro atoms. The highest BCUT2D eigenvalue weighted by Crippen LogP contribution is 2.27. The van der Waals surface area contributed by atoms with E-state index in [-0.39, 0.29) is 5.78 Å². The molecule has 0 N–H and O–H groups in total. The van der Waals surface area contributed by atoms with Crippen molar-refractivity contribution in [1.29, 1.82) is 0 Å². The van der Waals surface area contributed by atoms with Gasteiger partial charge in [0.25, 0.3) is 0 Å². The number of nitrogens with zero attached hydrogens (tertiary/aromatic N) is 4. The zero-order chi connectivity index (χ0) is 24.2. The molecule has 0 unspecified atom stereocenters. The summed E-state index contributed by atoms with van der Waals surface area (Å²) in [5.74, 6) is 1.26. The topological polar surface area (TPSA) is 60.3 Å². The van der Waals surface area contributed by atoms with Crippen molar-refractivity contribution < 1.29 is 9.53 Å². The average molecular weight is 487 g/mol. The molecule has 2 aromatic heterocycles. The molecule has 7 heteroatoms. The number of aryl methyl sites for hydroxylation is 1. The number of thioether (sulfide) groups is 1. The number of hydrogen-bond donors (Lipinski definition) is 0. The second kappa shape index (κ2) is 10.7. The van der Waals surface area contributed by atoms with Gasteiger partial charge < -0.3 is 9.30 Å². The molecule has 1 aliphatic rings. The number of ether oxygens (including phenoxy) is 1. The van der Waals surface area contributed by atoms with Crippen LogP contribution >= 0.6 is 11.8 Å². The SMILES string of the molecule is Cc1cc(C(=O)CSc2nc(CN3CCOCC3)nc3ccccc23)c(C)n1Cc1ccccc1. The van der Waals surface area contributed by atoms with E-state index in [0.717, 1.165) is 71.6 Å². The van der Waals surface area contributed by atoms with Gasteiger partial charge in [0.1, 0.15) is 10.9 Å². The van der Waals surface area contributed by atoms with Gasteiger partial charge in [-0.05, 0) is 31.5 Å². The molecule has 1 aliphatic heterocycles. The van der Waals surface area contributed by atoms with Crippen LogP contribution in [0.5, 0.6) is 0 Å². The third-order valence-electron chi connectivity index (χ3n) is 6.48. The second-order valence-corrected chi connectivity index (χ2v) is 9.88. The van der Waals surface area contributed by atoms with Crippen LogP contribution < -0.4 is 0 Å². The van der Waals surface area contributed by atoms with Crippen molar-refractivity contribution in [2.24, 2.45) is 0 Å². The molecule has 1 saturated heterocycles. The van der Waals surface area contributed by atoms with Crippen LogP contribution in [0.4, 0.5) is 0 Å². The molecule has 0 aliphatic carbocycles. The van der Waals surface area contributed by atoms with E-state index in [1.807, 2.05) is 55.5 Å². The molecule has 0 atom stereocenters. The Bertz CT molecular complexity index is 1330. The molecular formula is C28H30N4O2S. The van der Waals surface area contributed by atoms with Gasteiger partial charge in [-0.1, -0.05) is 60.3 Å². The standard InChI is InChI=1S/C28H30N4O2S/c1-20-16-24(21(2)32(20)17-22-8-4-3-5-9-22)26(33)19-35-28-23-10-6-7-11-25(23)29-27(30-28)18-31-12-14-34-15-13-31/h3-11,16H,12-15,17-19H2,1-2H3. The van der Waals surface area contributed by atoms with E-state index in [0.29, 0.717) is 12.3 Å². The van der Waals surface area contributed by atoms with Gasteiger partial charge in [-0.3, -0.25) is 9.69 Å².